The predicted molar refractivity (Wildman–Crippen MR) is 238 cm³/mol. The van der Waals surface area contributed by atoms with Gasteiger partial charge in [0.15, 0.2) is 0 Å². The van der Waals surface area contributed by atoms with Crippen molar-refractivity contribution in [3.05, 3.63) is 54.1 Å². The fourth-order valence-corrected chi connectivity index (χ4v) is 8.39. The summed E-state index contributed by atoms with van der Waals surface area (Å²) in [6.45, 7) is 9.87. The van der Waals surface area contributed by atoms with Crippen molar-refractivity contribution in [2.24, 2.45) is 11.7 Å². The molecule has 2 heterocycles. The lowest BCUT2D eigenvalue weighted by molar-refractivity contribution is -0.697. The first kappa shape index (κ1) is 53.7. The van der Waals surface area contributed by atoms with Crippen molar-refractivity contribution in [2.75, 3.05) is 20.3 Å². The second-order valence-electron chi connectivity index (χ2n) is 17.1. The Bertz CT molecular complexity index is 1870. The van der Waals surface area contributed by atoms with Crippen molar-refractivity contribution in [1.29, 1.82) is 0 Å². The first-order chi connectivity index (χ1) is 30.3. The highest BCUT2D eigenvalue weighted by Crippen LogP contribution is 2.38. The minimum absolute atomic E-state index is 0.0111. The van der Waals surface area contributed by atoms with Gasteiger partial charge in [-0.3, -0.25) is 33.3 Å². The molecule has 64 heavy (non-hydrogen) atoms. The van der Waals surface area contributed by atoms with E-state index >= 15 is 0 Å². The molecule has 1 fully saturated rings. The number of aryl methyl sites for hydroxylation is 3. The smallest absolute Gasteiger partial charge is 0.385 e. The first-order valence-corrected chi connectivity index (χ1v) is 24.0. The van der Waals surface area contributed by atoms with Gasteiger partial charge in [0.25, 0.3) is 0 Å². The van der Waals surface area contributed by atoms with Gasteiger partial charge in [-0.05, 0) is 70.3 Å². The maximum Gasteiger partial charge on any atom is 0.469 e. The van der Waals surface area contributed by atoms with Gasteiger partial charge in [0.05, 0.1) is 19.2 Å². The van der Waals surface area contributed by atoms with E-state index in [1.807, 2.05) is 37.0 Å². The summed E-state index contributed by atoms with van der Waals surface area (Å²) in [4.78, 5) is 99.8. The summed E-state index contributed by atoms with van der Waals surface area (Å²) in [5, 5.41) is 10.6. The monoisotopic (exact) mass is 920 g/mol. The standard InChI is InChI=1S/C44H71N8O11P/c1-30(2)26-36(48-44(58)38-21-16-24-52(38)33(5)53)43(57)47-37(42(56)46-31(3)41(55)49-39(40(45)54)32(4)63-64(59,60)61)27-35-28-50(22-17-25-62-6)29-51(35)23-15-10-8-7-9-12-18-34-19-13-11-14-20-34/h11,13-14,19-20,28-32,36-39H,7-10,12,15-18,21-27H2,1-6H3,(H7-,45,46,47,48,49,54,55,56,57,58,59,60,61)/p+1/t31-,32+,36-,37-,38-,39-/m0/s1. The number of benzene rings is 1. The van der Waals surface area contributed by atoms with Gasteiger partial charge in [-0.15, -0.1) is 0 Å². The number of methoxy groups -OCH3 is 1. The SMILES string of the molecule is COCCC[n+]1cc(C[C@H](NC(=O)[C@H](CC(C)C)NC(=O)[C@@H]2CCCN2C(C)=O)C(=O)N[C@@H](C)C(=O)N[C@H](C(N)=O)[C@@H](C)OP(=O)(O)O)n(CCCCCCCCc2ccccc2)c1. The van der Waals surface area contributed by atoms with Crippen molar-refractivity contribution in [3.8, 4) is 0 Å². The largest absolute Gasteiger partial charge is 0.469 e. The number of nitrogens with one attached hydrogen (secondary N) is 4. The maximum absolute atomic E-state index is 14.2. The molecule has 0 saturated carbocycles. The van der Waals surface area contributed by atoms with E-state index in [9.17, 15) is 43.1 Å². The molecule has 20 heteroatoms. The third-order valence-corrected chi connectivity index (χ3v) is 11.8. The summed E-state index contributed by atoms with van der Waals surface area (Å²) in [5.74, 6) is -4.22. The molecular formula is C44H72N8O11P+. The Morgan fingerprint density at radius 2 is 1.53 bits per heavy atom. The van der Waals surface area contributed by atoms with Crippen LogP contribution in [0.5, 0.6) is 0 Å². The number of unbranched alkanes of at least 4 members (excludes halogenated alkanes) is 5. The van der Waals surface area contributed by atoms with Gasteiger partial charge < -0.3 is 46.4 Å². The van der Waals surface area contributed by atoms with Gasteiger partial charge in [0.1, 0.15) is 42.1 Å². The molecule has 8 N–H and O–H groups in total. The molecule has 358 valence electrons. The Labute approximate surface area is 377 Å². The third kappa shape index (κ3) is 18.8. The van der Waals surface area contributed by atoms with Gasteiger partial charge >= 0.3 is 7.82 Å². The Hall–Kier alpha value is -4.68. The van der Waals surface area contributed by atoms with Crippen LogP contribution in [0, 0.1) is 5.92 Å². The van der Waals surface area contributed by atoms with E-state index in [4.69, 9.17) is 10.5 Å². The molecule has 1 aliphatic rings. The van der Waals surface area contributed by atoms with E-state index in [0.717, 1.165) is 64.0 Å². The zero-order valence-corrected chi connectivity index (χ0v) is 39.2. The van der Waals surface area contributed by atoms with E-state index < -0.39 is 73.7 Å². The molecule has 2 aromatic rings. The Morgan fingerprint density at radius 1 is 0.875 bits per heavy atom. The van der Waals surface area contributed by atoms with Gasteiger partial charge in [-0.25, -0.2) is 13.7 Å². The lowest BCUT2D eigenvalue weighted by Crippen LogP contribution is -2.59. The van der Waals surface area contributed by atoms with Crippen LogP contribution in [-0.2, 0) is 68.5 Å². The number of primary amides is 1. The number of rotatable bonds is 29. The number of likely N-dealkylation sites (tertiary alicyclic amines) is 1. The second-order valence-corrected chi connectivity index (χ2v) is 18.3. The van der Waals surface area contributed by atoms with Crippen LogP contribution in [0.2, 0.25) is 0 Å². The summed E-state index contributed by atoms with van der Waals surface area (Å²) in [5.41, 5.74) is 7.48. The zero-order valence-electron chi connectivity index (χ0n) is 38.3. The topological polar surface area (TPSA) is 265 Å². The maximum atomic E-state index is 14.2. The molecule has 0 aliphatic carbocycles. The quantitative estimate of drug-likeness (QED) is 0.0352. The minimum atomic E-state index is -5.06. The van der Waals surface area contributed by atoms with Crippen molar-refractivity contribution < 1.29 is 56.9 Å². The molecule has 1 aromatic heterocycles. The number of carbonyl (C=O) groups is 6. The molecule has 1 saturated heterocycles. The van der Waals surface area contributed by atoms with Gasteiger partial charge in [0.2, 0.25) is 41.8 Å². The molecule has 0 radical (unpaired) electrons. The van der Waals surface area contributed by atoms with Crippen molar-refractivity contribution in [2.45, 2.75) is 161 Å². The minimum Gasteiger partial charge on any atom is -0.385 e. The molecule has 6 amide bonds. The number of hydrogen-bond acceptors (Lipinski definition) is 9. The number of ether oxygens (including phenoxy) is 1. The normalized spacial score (nSPS) is 16.4. The molecule has 1 aliphatic heterocycles. The van der Waals surface area contributed by atoms with Gasteiger partial charge in [-0.2, -0.15) is 0 Å². The molecule has 19 nitrogen and oxygen atoms in total. The molecule has 3 rings (SSSR count). The lowest BCUT2D eigenvalue weighted by Gasteiger charge is -2.28. The van der Waals surface area contributed by atoms with Crippen molar-refractivity contribution >= 4 is 43.3 Å². The number of phosphoric acid groups is 1. The van der Waals surface area contributed by atoms with Crippen LogP contribution in [0.3, 0.4) is 0 Å². The Kier molecular flexibility index (Phi) is 22.6. The summed E-state index contributed by atoms with van der Waals surface area (Å²) >= 11 is 0. The molecule has 0 unspecified atom stereocenters. The highest BCUT2D eigenvalue weighted by Gasteiger charge is 2.37. The molecule has 6 atom stereocenters. The number of aromatic nitrogens is 2. The second kappa shape index (κ2) is 27.0. The summed E-state index contributed by atoms with van der Waals surface area (Å²) < 4.78 is 25.3. The fourth-order valence-electron chi connectivity index (χ4n) is 7.83. The Balaban J connectivity index is 1.85. The average Bonchev–Trinajstić information content (AvgIpc) is 3.87. The van der Waals surface area contributed by atoms with Crippen LogP contribution in [-0.4, -0.2) is 111 Å². The average molecular weight is 920 g/mol. The van der Waals surface area contributed by atoms with Crippen LogP contribution in [0.1, 0.15) is 110 Å². The van der Waals surface area contributed by atoms with Crippen molar-refractivity contribution in [1.82, 2.24) is 30.7 Å². The Morgan fingerprint density at radius 3 is 2.16 bits per heavy atom. The zero-order chi connectivity index (χ0) is 47.4. The summed E-state index contributed by atoms with van der Waals surface area (Å²) in [6.07, 6.45) is 11.7. The number of amides is 6. The highest BCUT2D eigenvalue weighted by atomic mass is 31.2. The molecular weight excluding hydrogens is 848 g/mol. The van der Waals surface area contributed by atoms with E-state index in [0.29, 0.717) is 39.1 Å². The fraction of sp³-hybridized carbons (Fsp3) is 0.659. The summed E-state index contributed by atoms with van der Waals surface area (Å²) in [6, 6.07) is 4.36. The first-order valence-electron chi connectivity index (χ1n) is 22.4. The van der Waals surface area contributed by atoms with Crippen LogP contribution < -0.4 is 31.6 Å². The molecule has 1 aromatic carbocycles. The highest BCUT2D eigenvalue weighted by molar-refractivity contribution is 7.46. The van der Waals surface area contributed by atoms with Crippen LogP contribution in [0.25, 0.3) is 0 Å². The van der Waals surface area contributed by atoms with E-state index in [1.54, 1.807) is 7.11 Å². The van der Waals surface area contributed by atoms with Crippen molar-refractivity contribution in [3.63, 3.8) is 0 Å². The van der Waals surface area contributed by atoms with Gasteiger partial charge in [0, 0.05) is 40.0 Å². The van der Waals surface area contributed by atoms with Gasteiger partial charge in [-0.1, -0.05) is 63.4 Å². The summed E-state index contributed by atoms with van der Waals surface area (Å²) in [7, 11) is -3.44. The number of carbonyl (C=O) groups excluding carboxylic acids is 6. The number of phosphoric ester groups is 1. The number of imidazole rings is 1. The lowest BCUT2D eigenvalue weighted by atomic mass is 10.0. The molecule has 0 bridgehead atoms. The van der Waals surface area contributed by atoms with Crippen LogP contribution >= 0.6 is 7.82 Å². The molecule has 0 spiro atoms. The third-order valence-electron chi connectivity index (χ3n) is 11.2. The predicted octanol–water partition coefficient (Wildman–Crippen LogP) is 1.94. The van der Waals surface area contributed by atoms with E-state index in [1.165, 1.54) is 24.3 Å². The van der Waals surface area contributed by atoms with E-state index in [-0.39, 0.29) is 24.7 Å². The number of nitrogens with two attached hydrogens (primary N) is 1. The number of nitrogens with zero attached hydrogens (tertiary/aromatic N) is 3. The van der Waals surface area contributed by atoms with Crippen LogP contribution in [0.15, 0.2) is 42.9 Å². The van der Waals surface area contributed by atoms with Crippen LogP contribution in [0.4, 0.5) is 0 Å². The van der Waals surface area contributed by atoms with E-state index in [2.05, 4.69) is 54.6 Å². The number of hydrogen-bond donors (Lipinski definition) is 7.